The lowest BCUT2D eigenvalue weighted by molar-refractivity contribution is -0.138. The molecule has 0 bridgehead atoms. The molecule has 16 heavy (non-hydrogen) atoms. The number of ether oxygens (including phenoxy) is 1. The molecule has 0 fully saturated rings. The molecule has 0 aliphatic carbocycles. The van der Waals surface area contributed by atoms with Crippen LogP contribution < -0.4 is 4.74 Å². The third-order valence-corrected chi connectivity index (χ3v) is 2.99. The quantitative estimate of drug-likeness (QED) is 0.833. The van der Waals surface area contributed by atoms with Crippen molar-refractivity contribution in [1.82, 2.24) is 0 Å². The second-order valence-corrected chi connectivity index (χ2v) is 4.14. The molecular formula is C13H18O3. The first kappa shape index (κ1) is 12.6. The molecule has 0 heterocycles. The van der Waals surface area contributed by atoms with Crippen LogP contribution in [0.15, 0.2) is 24.3 Å². The average Bonchev–Trinajstić information content (AvgIpc) is 2.27. The van der Waals surface area contributed by atoms with Crippen LogP contribution in [0.25, 0.3) is 0 Å². The highest BCUT2D eigenvalue weighted by Crippen LogP contribution is 2.27. The van der Waals surface area contributed by atoms with Crippen molar-refractivity contribution in [2.45, 2.75) is 26.2 Å². The third-order valence-electron chi connectivity index (χ3n) is 2.99. The predicted molar refractivity (Wildman–Crippen MR) is 62.8 cm³/mol. The number of rotatable bonds is 5. The molecule has 1 rings (SSSR count). The minimum Gasteiger partial charge on any atom is -0.497 e. The van der Waals surface area contributed by atoms with Gasteiger partial charge in [0, 0.05) is 6.42 Å². The van der Waals surface area contributed by atoms with Crippen molar-refractivity contribution >= 4 is 5.97 Å². The lowest BCUT2D eigenvalue weighted by Crippen LogP contribution is -2.11. The van der Waals surface area contributed by atoms with Crippen molar-refractivity contribution < 1.29 is 14.6 Å². The van der Waals surface area contributed by atoms with E-state index in [0.29, 0.717) is 0 Å². The van der Waals surface area contributed by atoms with E-state index >= 15 is 0 Å². The van der Waals surface area contributed by atoms with Crippen LogP contribution in [-0.4, -0.2) is 18.2 Å². The maximum absolute atomic E-state index is 10.6. The molecule has 3 nitrogen and oxygen atoms in total. The molecule has 0 aromatic heterocycles. The highest BCUT2D eigenvalue weighted by Gasteiger charge is 2.17. The molecule has 1 aromatic rings. The fourth-order valence-electron chi connectivity index (χ4n) is 1.69. The molecule has 3 heteroatoms. The second-order valence-electron chi connectivity index (χ2n) is 4.14. The van der Waals surface area contributed by atoms with Gasteiger partial charge < -0.3 is 9.84 Å². The zero-order valence-electron chi connectivity index (χ0n) is 9.93. The largest absolute Gasteiger partial charge is 0.497 e. The Hall–Kier alpha value is -1.51. The number of methoxy groups -OCH3 is 1. The van der Waals surface area contributed by atoms with Crippen molar-refractivity contribution in [1.29, 1.82) is 0 Å². The van der Waals surface area contributed by atoms with Gasteiger partial charge in [0.1, 0.15) is 5.75 Å². The number of hydrogen-bond acceptors (Lipinski definition) is 2. The minimum atomic E-state index is -0.743. The molecular weight excluding hydrogens is 204 g/mol. The van der Waals surface area contributed by atoms with Gasteiger partial charge in [-0.25, -0.2) is 0 Å². The van der Waals surface area contributed by atoms with E-state index in [9.17, 15) is 4.79 Å². The van der Waals surface area contributed by atoms with E-state index in [1.54, 1.807) is 7.11 Å². The first-order valence-corrected chi connectivity index (χ1v) is 5.40. The summed E-state index contributed by atoms with van der Waals surface area (Å²) in [5.41, 5.74) is 1.15. The van der Waals surface area contributed by atoms with Crippen LogP contribution in [0.3, 0.4) is 0 Å². The zero-order chi connectivity index (χ0) is 12.1. The fraction of sp³-hybridized carbons (Fsp3) is 0.462. The van der Waals surface area contributed by atoms with Gasteiger partial charge in [0.2, 0.25) is 0 Å². The first-order valence-electron chi connectivity index (χ1n) is 5.40. The Morgan fingerprint density at radius 3 is 2.31 bits per heavy atom. The lowest BCUT2D eigenvalue weighted by atomic mass is 9.87. The summed E-state index contributed by atoms with van der Waals surface area (Å²) in [5, 5.41) is 8.74. The molecule has 1 aromatic carbocycles. The van der Waals surface area contributed by atoms with Gasteiger partial charge in [-0.1, -0.05) is 26.0 Å². The van der Waals surface area contributed by atoms with E-state index in [-0.39, 0.29) is 18.3 Å². The number of carboxylic acids is 1. The van der Waals surface area contributed by atoms with Crippen molar-refractivity contribution in [3.63, 3.8) is 0 Å². The van der Waals surface area contributed by atoms with Crippen LogP contribution in [0.2, 0.25) is 0 Å². The van der Waals surface area contributed by atoms with Crippen molar-refractivity contribution in [3.8, 4) is 5.75 Å². The highest BCUT2D eigenvalue weighted by atomic mass is 16.5. The van der Waals surface area contributed by atoms with Crippen molar-refractivity contribution in [3.05, 3.63) is 29.8 Å². The summed E-state index contributed by atoms with van der Waals surface area (Å²) in [6.07, 6.45) is 0.202. The molecule has 0 aliphatic heterocycles. The molecule has 0 saturated heterocycles. The SMILES string of the molecule is COc1ccc(C(C)C(C)CC(=O)O)cc1. The molecule has 0 spiro atoms. The summed E-state index contributed by atoms with van der Waals surface area (Å²) in [6, 6.07) is 7.78. The molecule has 88 valence electrons. The third kappa shape index (κ3) is 3.26. The van der Waals surface area contributed by atoms with Gasteiger partial charge in [-0.2, -0.15) is 0 Å². The van der Waals surface area contributed by atoms with Crippen molar-refractivity contribution in [2.24, 2.45) is 5.92 Å². The van der Waals surface area contributed by atoms with Gasteiger partial charge in [0.05, 0.1) is 7.11 Å². The van der Waals surface area contributed by atoms with Gasteiger partial charge in [0.25, 0.3) is 0 Å². The van der Waals surface area contributed by atoms with Gasteiger partial charge in [-0.15, -0.1) is 0 Å². The average molecular weight is 222 g/mol. The van der Waals surface area contributed by atoms with Crippen LogP contribution in [0.4, 0.5) is 0 Å². The normalized spacial score (nSPS) is 14.2. The lowest BCUT2D eigenvalue weighted by Gasteiger charge is -2.18. The maximum Gasteiger partial charge on any atom is 0.303 e. The molecule has 1 N–H and O–H groups in total. The van der Waals surface area contributed by atoms with E-state index in [4.69, 9.17) is 9.84 Å². The molecule has 2 unspecified atom stereocenters. The Balaban J connectivity index is 2.71. The van der Waals surface area contributed by atoms with E-state index in [1.165, 1.54) is 0 Å². The number of carbonyl (C=O) groups is 1. The van der Waals surface area contributed by atoms with E-state index < -0.39 is 5.97 Å². The summed E-state index contributed by atoms with van der Waals surface area (Å²) in [6.45, 7) is 4.01. The van der Waals surface area contributed by atoms with Crippen LogP contribution in [0, 0.1) is 5.92 Å². The standard InChI is InChI=1S/C13H18O3/c1-9(8-13(14)15)10(2)11-4-6-12(16-3)7-5-11/h4-7,9-10H,8H2,1-3H3,(H,14,15). The predicted octanol–water partition coefficient (Wildman–Crippen LogP) is 2.91. The Morgan fingerprint density at radius 2 is 1.88 bits per heavy atom. The van der Waals surface area contributed by atoms with Crippen LogP contribution in [-0.2, 0) is 4.79 Å². The molecule has 0 radical (unpaired) electrons. The second kappa shape index (κ2) is 5.54. The fourth-order valence-corrected chi connectivity index (χ4v) is 1.69. The zero-order valence-corrected chi connectivity index (χ0v) is 9.93. The Morgan fingerprint density at radius 1 is 1.31 bits per heavy atom. The van der Waals surface area contributed by atoms with Gasteiger partial charge >= 0.3 is 5.97 Å². The Labute approximate surface area is 96.1 Å². The van der Waals surface area contributed by atoms with Gasteiger partial charge in [-0.3, -0.25) is 4.79 Å². The molecule has 2 atom stereocenters. The van der Waals surface area contributed by atoms with E-state index in [0.717, 1.165) is 11.3 Å². The van der Waals surface area contributed by atoms with Crippen molar-refractivity contribution in [2.75, 3.05) is 7.11 Å². The summed E-state index contributed by atoms with van der Waals surface area (Å²) >= 11 is 0. The van der Waals surface area contributed by atoms with E-state index in [1.807, 2.05) is 31.2 Å². The number of hydrogen-bond donors (Lipinski definition) is 1. The number of aliphatic carboxylic acids is 1. The van der Waals surface area contributed by atoms with Crippen LogP contribution in [0.5, 0.6) is 5.75 Å². The summed E-state index contributed by atoms with van der Waals surface area (Å²) in [7, 11) is 1.63. The van der Waals surface area contributed by atoms with E-state index in [2.05, 4.69) is 6.92 Å². The Kier molecular flexibility index (Phi) is 4.35. The maximum atomic E-state index is 10.6. The van der Waals surface area contributed by atoms with Crippen LogP contribution >= 0.6 is 0 Å². The smallest absolute Gasteiger partial charge is 0.303 e. The number of carboxylic acid groups (broad SMARTS) is 1. The molecule has 0 saturated carbocycles. The first-order chi connectivity index (χ1) is 7.54. The van der Waals surface area contributed by atoms with Gasteiger partial charge in [-0.05, 0) is 29.5 Å². The monoisotopic (exact) mass is 222 g/mol. The minimum absolute atomic E-state index is 0.130. The molecule has 0 aliphatic rings. The topological polar surface area (TPSA) is 46.5 Å². The van der Waals surface area contributed by atoms with Gasteiger partial charge in [0.15, 0.2) is 0 Å². The summed E-state index contributed by atoms with van der Waals surface area (Å²) in [4.78, 5) is 10.6. The summed E-state index contributed by atoms with van der Waals surface area (Å²) in [5.74, 6) is 0.447. The molecule has 0 amide bonds. The highest BCUT2D eigenvalue weighted by molar-refractivity contribution is 5.67. The summed E-state index contributed by atoms with van der Waals surface area (Å²) < 4.78 is 5.08. The number of benzene rings is 1. The Bertz CT molecular complexity index is 343. The van der Waals surface area contributed by atoms with Crippen LogP contribution in [0.1, 0.15) is 31.7 Å².